The highest BCUT2D eigenvalue weighted by atomic mass is 19.4. The van der Waals surface area contributed by atoms with E-state index in [1.807, 2.05) is 0 Å². The van der Waals surface area contributed by atoms with Crippen molar-refractivity contribution in [3.05, 3.63) is 65.2 Å². The van der Waals surface area contributed by atoms with E-state index < -0.39 is 29.4 Å². The van der Waals surface area contributed by atoms with Crippen molar-refractivity contribution in [1.82, 2.24) is 9.38 Å². The average molecular weight is 394 g/mol. The molecule has 2 aromatic heterocycles. The maximum Gasteiger partial charge on any atom is 0.419 e. The number of nitrogens with two attached hydrogens (primary N) is 1. The van der Waals surface area contributed by atoms with E-state index in [0.717, 1.165) is 6.07 Å². The summed E-state index contributed by atoms with van der Waals surface area (Å²) in [5.74, 6) is -2.22. The highest BCUT2D eigenvalue weighted by Gasteiger charge is 2.33. The molecule has 0 aliphatic heterocycles. The number of primary amides is 1. The Morgan fingerprint density at radius 1 is 1.14 bits per heavy atom. The first kappa shape index (κ1) is 19.3. The van der Waals surface area contributed by atoms with Gasteiger partial charge in [0.1, 0.15) is 17.3 Å². The number of nitrogens with one attached hydrogen (secondary N) is 1. The maximum atomic E-state index is 13.6. The number of rotatable bonds is 5. The van der Waals surface area contributed by atoms with Crippen molar-refractivity contribution in [2.75, 3.05) is 5.32 Å². The van der Waals surface area contributed by atoms with Crippen molar-refractivity contribution in [3.63, 3.8) is 0 Å². The molecule has 0 atom stereocenters. The molecule has 2 amide bonds. The molecule has 28 heavy (non-hydrogen) atoms. The van der Waals surface area contributed by atoms with Crippen molar-refractivity contribution < 1.29 is 27.2 Å². The highest BCUT2D eigenvalue weighted by Crippen LogP contribution is 2.31. The summed E-state index contributed by atoms with van der Waals surface area (Å²) in [5.41, 5.74) is 4.73. The van der Waals surface area contributed by atoms with Crippen LogP contribution in [0.2, 0.25) is 0 Å². The van der Waals surface area contributed by atoms with Gasteiger partial charge in [-0.3, -0.25) is 14.0 Å². The van der Waals surface area contributed by atoms with Gasteiger partial charge in [-0.1, -0.05) is 12.1 Å². The van der Waals surface area contributed by atoms with Gasteiger partial charge < -0.3 is 11.1 Å². The number of hydrogen-bond acceptors (Lipinski definition) is 3. The number of aromatic nitrogens is 2. The number of fused-ring (bicyclic) bond motifs is 1. The van der Waals surface area contributed by atoms with E-state index in [1.54, 1.807) is 18.2 Å². The summed E-state index contributed by atoms with van der Waals surface area (Å²) in [7, 11) is 0. The third-order valence-corrected chi connectivity index (χ3v) is 3.87. The van der Waals surface area contributed by atoms with Crippen LogP contribution in [0.5, 0.6) is 0 Å². The number of nitrogens with zero attached hydrogens (tertiary/aromatic N) is 2. The third kappa shape index (κ3) is 4.27. The summed E-state index contributed by atoms with van der Waals surface area (Å²) >= 11 is 0. The van der Waals surface area contributed by atoms with Crippen LogP contribution in [-0.4, -0.2) is 21.2 Å². The second-order valence-corrected chi connectivity index (χ2v) is 6.05. The number of anilines is 1. The lowest BCUT2D eigenvalue weighted by atomic mass is 10.1. The number of carbonyl (C=O) groups is 2. The van der Waals surface area contributed by atoms with Crippen LogP contribution < -0.4 is 11.1 Å². The molecule has 1 aromatic carbocycles. The molecule has 2 heterocycles. The lowest BCUT2D eigenvalue weighted by Gasteiger charge is -2.10. The van der Waals surface area contributed by atoms with E-state index >= 15 is 0 Å². The lowest BCUT2D eigenvalue weighted by Crippen LogP contribution is -2.17. The van der Waals surface area contributed by atoms with Gasteiger partial charge in [0.05, 0.1) is 24.1 Å². The predicted octanol–water partition coefficient (Wildman–Crippen LogP) is 2.70. The molecule has 3 N–H and O–H groups in total. The second-order valence-electron chi connectivity index (χ2n) is 6.05. The first-order chi connectivity index (χ1) is 13.1. The van der Waals surface area contributed by atoms with Crippen molar-refractivity contribution in [3.8, 4) is 0 Å². The quantitative estimate of drug-likeness (QED) is 0.652. The third-order valence-electron chi connectivity index (χ3n) is 3.87. The number of pyridine rings is 1. The smallest absolute Gasteiger partial charge is 0.369 e. The van der Waals surface area contributed by atoms with E-state index in [9.17, 15) is 27.2 Å². The average Bonchev–Trinajstić information content (AvgIpc) is 2.96. The van der Waals surface area contributed by atoms with E-state index in [2.05, 4.69) is 10.3 Å². The first-order valence-electron chi connectivity index (χ1n) is 8.04. The first-order valence-corrected chi connectivity index (χ1v) is 8.04. The summed E-state index contributed by atoms with van der Waals surface area (Å²) in [6, 6.07) is 7.20. The van der Waals surface area contributed by atoms with Crippen LogP contribution in [0.1, 0.15) is 16.8 Å². The largest absolute Gasteiger partial charge is 0.419 e. The van der Waals surface area contributed by atoms with Crippen LogP contribution in [0, 0.1) is 5.82 Å². The Morgan fingerprint density at radius 2 is 1.89 bits per heavy atom. The van der Waals surface area contributed by atoms with Gasteiger partial charge in [0, 0.05) is 6.20 Å². The Bertz CT molecular complexity index is 1060. The minimum absolute atomic E-state index is 0.0695. The van der Waals surface area contributed by atoms with Gasteiger partial charge >= 0.3 is 6.18 Å². The zero-order valence-electron chi connectivity index (χ0n) is 14.3. The van der Waals surface area contributed by atoms with Crippen LogP contribution in [0.3, 0.4) is 0 Å². The Kier molecular flexibility index (Phi) is 5.04. The molecule has 0 aliphatic rings. The molecule has 0 radical (unpaired) electrons. The number of alkyl halides is 3. The molecule has 0 aliphatic carbocycles. The minimum Gasteiger partial charge on any atom is -0.369 e. The molecule has 0 unspecified atom stereocenters. The van der Waals surface area contributed by atoms with E-state index in [0.29, 0.717) is 29.3 Å². The van der Waals surface area contributed by atoms with Crippen LogP contribution in [0.15, 0.2) is 42.6 Å². The molecule has 3 rings (SSSR count). The number of halogens is 4. The van der Waals surface area contributed by atoms with E-state index in [1.165, 1.54) is 10.6 Å². The summed E-state index contributed by atoms with van der Waals surface area (Å²) in [6.07, 6.45) is -3.66. The zero-order valence-corrected chi connectivity index (χ0v) is 14.3. The minimum atomic E-state index is -4.80. The van der Waals surface area contributed by atoms with Gasteiger partial charge in [-0.25, -0.2) is 9.37 Å². The van der Waals surface area contributed by atoms with Gasteiger partial charge in [0.25, 0.3) is 0 Å². The standard InChI is InChI=1S/C18H14F4N4O2/c19-13-6-10(4-5-12(13)18(20,21)22)7-17(28)25-16-3-1-2-15-24-11(8-14(23)27)9-26(15)16/h1-6,9H,7-8H2,(H2,23,27)(H,25,28). The van der Waals surface area contributed by atoms with Gasteiger partial charge in [0.2, 0.25) is 11.8 Å². The number of carbonyl (C=O) groups excluding carboxylic acids is 2. The normalized spacial score (nSPS) is 11.6. The van der Waals surface area contributed by atoms with Gasteiger partial charge in [-0.05, 0) is 29.8 Å². The summed E-state index contributed by atoms with van der Waals surface area (Å²) in [4.78, 5) is 27.5. The van der Waals surface area contributed by atoms with Crippen molar-refractivity contribution in [2.45, 2.75) is 19.0 Å². The fraction of sp³-hybridized carbons (Fsp3) is 0.167. The SMILES string of the molecule is NC(=O)Cc1cn2c(NC(=O)Cc3ccc(C(F)(F)F)c(F)c3)cccc2n1. The molecule has 0 saturated heterocycles. The van der Waals surface area contributed by atoms with Crippen LogP contribution in [0.4, 0.5) is 23.4 Å². The lowest BCUT2D eigenvalue weighted by molar-refractivity contribution is -0.140. The topological polar surface area (TPSA) is 89.5 Å². The second kappa shape index (κ2) is 7.29. The summed E-state index contributed by atoms with van der Waals surface area (Å²) < 4.78 is 53.0. The van der Waals surface area contributed by atoms with Gasteiger partial charge in [-0.15, -0.1) is 0 Å². The fourth-order valence-electron chi connectivity index (χ4n) is 2.70. The van der Waals surface area contributed by atoms with Crippen LogP contribution in [0.25, 0.3) is 5.65 Å². The molecule has 0 fully saturated rings. The fourth-order valence-corrected chi connectivity index (χ4v) is 2.70. The van der Waals surface area contributed by atoms with Gasteiger partial charge in [0.15, 0.2) is 0 Å². The Labute approximate surface area is 156 Å². The Hall–Kier alpha value is -3.43. The monoisotopic (exact) mass is 394 g/mol. The number of imidazole rings is 1. The van der Waals surface area contributed by atoms with Crippen molar-refractivity contribution in [1.29, 1.82) is 0 Å². The molecule has 0 spiro atoms. The van der Waals surface area contributed by atoms with Crippen molar-refractivity contribution in [2.24, 2.45) is 5.73 Å². The maximum absolute atomic E-state index is 13.6. The number of hydrogen-bond donors (Lipinski definition) is 2. The summed E-state index contributed by atoms with van der Waals surface area (Å²) in [6.45, 7) is 0. The highest BCUT2D eigenvalue weighted by molar-refractivity contribution is 5.91. The molecular weight excluding hydrogens is 380 g/mol. The molecule has 0 saturated carbocycles. The molecule has 3 aromatic rings. The molecule has 0 bridgehead atoms. The summed E-state index contributed by atoms with van der Waals surface area (Å²) in [5, 5.41) is 2.59. The molecule has 10 heteroatoms. The Balaban J connectivity index is 1.77. The van der Waals surface area contributed by atoms with Crippen LogP contribution in [-0.2, 0) is 28.6 Å². The Morgan fingerprint density at radius 3 is 2.54 bits per heavy atom. The van der Waals surface area contributed by atoms with Gasteiger partial charge in [-0.2, -0.15) is 13.2 Å². The molecule has 146 valence electrons. The van der Waals surface area contributed by atoms with Crippen molar-refractivity contribution >= 4 is 23.3 Å². The number of amides is 2. The zero-order chi connectivity index (χ0) is 20.5. The van der Waals surface area contributed by atoms with Crippen LogP contribution >= 0.6 is 0 Å². The van der Waals surface area contributed by atoms with E-state index in [-0.39, 0.29) is 18.4 Å². The predicted molar refractivity (Wildman–Crippen MR) is 91.8 cm³/mol. The number of benzene rings is 1. The van der Waals surface area contributed by atoms with E-state index in [4.69, 9.17) is 5.73 Å². The molecular formula is C18H14F4N4O2. The molecule has 6 nitrogen and oxygen atoms in total.